The lowest BCUT2D eigenvalue weighted by Crippen LogP contribution is -2.49. The second kappa shape index (κ2) is 5.86. The van der Waals surface area contributed by atoms with E-state index >= 15 is 0 Å². The zero-order valence-electron chi connectivity index (χ0n) is 14.3. The van der Waals surface area contributed by atoms with Gasteiger partial charge in [-0.25, -0.2) is 4.39 Å². The maximum Gasteiger partial charge on any atom is 0.271 e. The van der Waals surface area contributed by atoms with Crippen molar-refractivity contribution in [3.63, 3.8) is 0 Å². The van der Waals surface area contributed by atoms with E-state index in [4.69, 9.17) is 0 Å². The Morgan fingerprint density at radius 3 is 2.52 bits per heavy atom. The smallest absolute Gasteiger partial charge is 0.271 e. The van der Waals surface area contributed by atoms with Crippen LogP contribution in [0.5, 0.6) is 0 Å². The molecule has 2 aromatic rings. The van der Waals surface area contributed by atoms with Gasteiger partial charge in [0.25, 0.3) is 5.91 Å². The van der Waals surface area contributed by atoms with Gasteiger partial charge in [0.15, 0.2) is 5.82 Å². The largest absolute Gasteiger partial charge is 0.348 e. The molecule has 2 aliphatic rings. The number of hydrogen-bond acceptors (Lipinski definition) is 2. The summed E-state index contributed by atoms with van der Waals surface area (Å²) in [4.78, 5) is 29.6. The van der Waals surface area contributed by atoms with Crippen molar-refractivity contribution >= 4 is 22.7 Å². The van der Waals surface area contributed by atoms with E-state index in [0.717, 1.165) is 25.9 Å². The number of aromatic amines is 1. The van der Waals surface area contributed by atoms with Crippen LogP contribution in [0.3, 0.4) is 0 Å². The van der Waals surface area contributed by atoms with Crippen molar-refractivity contribution in [2.45, 2.75) is 38.6 Å². The number of hydrogen-bond donors (Lipinski definition) is 2. The summed E-state index contributed by atoms with van der Waals surface area (Å²) >= 11 is 0. The van der Waals surface area contributed by atoms with Crippen LogP contribution in [-0.2, 0) is 4.79 Å². The zero-order valence-corrected chi connectivity index (χ0v) is 14.3. The van der Waals surface area contributed by atoms with E-state index in [1.54, 1.807) is 31.2 Å². The fourth-order valence-electron chi connectivity index (χ4n) is 3.75. The third-order valence-corrected chi connectivity index (χ3v) is 5.68. The maximum absolute atomic E-state index is 14.4. The summed E-state index contributed by atoms with van der Waals surface area (Å²) in [6, 6.07) is 6.15. The van der Waals surface area contributed by atoms with Gasteiger partial charge in [0, 0.05) is 24.0 Å². The van der Waals surface area contributed by atoms with E-state index in [2.05, 4.69) is 10.3 Å². The summed E-state index contributed by atoms with van der Waals surface area (Å²) in [5, 5.41) is 3.00. The monoisotopic (exact) mass is 343 g/mol. The number of halogens is 1. The molecule has 1 saturated heterocycles. The minimum atomic E-state index is -0.674. The number of amides is 2. The Labute approximate surface area is 145 Å². The molecule has 4 rings (SSSR count). The molecule has 2 N–H and O–H groups in total. The maximum atomic E-state index is 14.4. The van der Waals surface area contributed by atoms with Crippen molar-refractivity contribution in [3.05, 3.63) is 35.8 Å². The van der Waals surface area contributed by atoms with Crippen LogP contribution in [-0.4, -0.2) is 40.8 Å². The summed E-state index contributed by atoms with van der Waals surface area (Å²) in [6.45, 7) is 3.15. The van der Waals surface area contributed by atoms with Gasteiger partial charge in [0.2, 0.25) is 5.91 Å². The molecule has 1 aromatic carbocycles. The lowest BCUT2D eigenvalue weighted by Gasteiger charge is -2.33. The number of H-pyrrole nitrogens is 1. The summed E-state index contributed by atoms with van der Waals surface area (Å²) < 4.78 is 14.4. The average Bonchev–Trinajstić information content (AvgIpc) is 3.29. The molecule has 2 heterocycles. The number of carbonyl (C=O) groups excluding carboxylic acids is 2. The van der Waals surface area contributed by atoms with Gasteiger partial charge >= 0.3 is 0 Å². The van der Waals surface area contributed by atoms with Crippen molar-refractivity contribution in [3.8, 4) is 0 Å². The predicted octanol–water partition coefficient (Wildman–Crippen LogP) is 2.83. The quantitative estimate of drug-likeness (QED) is 0.900. The van der Waals surface area contributed by atoms with Crippen LogP contribution in [0.25, 0.3) is 10.9 Å². The number of para-hydroxylation sites is 1. The fraction of sp³-hybridized carbons (Fsp3) is 0.474. The third kappa shape index (κ3) is 2.90. The molecule has 25 heavy (non-hydrogen) atoms. The van der Waals surface area contributed by atoms with Gasteiger partial charge in [-0.3, -0.25) is 9.59 Å². The van der Waals surface area contributed by atoms with Crippen LogP contribution in [0.4, 0.5) is 4.39 Å². The van der Waals surface area contributed by atoms with Crippen molar-refractivity contribution in [2.75, 3.05) is 13.1 Å². The van der Waals surface area contributed by atoms with Crippen LogP contribution in [0, 0.1) is 11.2 Å². The van der Waals surface area contributed by atoms with E-state index in [-0.39, 0.29) is 11.6 Å². The minimum absolute atomic E-state index is 0.0969. The molecule has 0 unspecified atom stereocenters. The first kappa shape index (κ1) is 16.1. The normalized spacial score (nSPS) is 19.8. The van der Waals surface area contributed by atoms with Crippen molar-refractivity contribution in [2.24, 2.45) is 5.41 Å². The topological polar surface area (TPSA) is 65.2 Å². The highest BCUT2D eigenvalue weighted by Gasteiger charge is 2.45. The number of rotatable bonds is 3. The molecule has 1 spiro atoms. The van der Waals surface area contributed by atoms with Gasteiger partial charge in [0.05, 0.1) is 0 Å². The number of aromatic nitrogens is 1. The van der Waals surface area contributed by atoms with Gasteiger partial charge in [-0.15, -0.1) is 0 Å². The Bertz CT molecular complexity index is 830. The number of carbonyl (C=O) groups is 2. The Balaban J connectivity index is 1.42. The van der Waals surface area contributed by atoms with Crippen LogP contribution in [0.2, 0.25) is 0 Å². The van der Waals surface area contributed by atoms with Gasteiger partial charge < -0.3 is 15.2 Å². The van der Waals surface area contributed by atoms with Gasteiger partial charge in [-0.05, 0) is 50.2 Å². The minimum Gasteiger partial charge on any atom is -0.348 e. The molecular weight excluding hydrogens is 321 g/mol. The molecule has 2 amide bonds. The highest BCUT2D eigenvalue weighted by atomic mass is 19.1. The van der Waals surface area contributed by atoms with E-state index in [1.807, 2.05) is 4.90 Å². The summed E-state index contributed by atoms with van der Waals surface area (Å²) in [7, 11) is 0. The predicted molar refractivity (Wildman–Crippen MR) is 92.7 cm³/mol. The molecule has 5 nitrogen and oxygen atoms in total. The molecule has 6 heteroatoms. The number of nitrogens with one attached hydrogen (secondary N) is 2. The molecule has 0 bridgehead atoms. The van der Waals surface area contributed by atoms with Crippen LogP contribution in [0.15, 0.2) is 24.3 Å². The van der Waals surface area contributed by atoms with Crippen molar-refractivity contribution < 1.29 is 14.0 Å². The van der Waals surface area contributed by atoms with Crippen molar-refractivity contribution in [1.82, 2.24) is 15.2 Å². The Kier molecular flexibility index (Phi) is 3.78. The van der Waals surface area contributed by atoms with Crippen molar-refractivity contribution in [1.29, 1.82) is 0 Å². The molecule has 132 valence electrons. The van der Waals surface area contributed by atoms with Gasteiger partial charge in [0.1, 0.15) is 11.7 Å². The summed E-state index contributed by atoms with van der Waals surface area (Å²) in [5.41, 5.74) is 0.933. The lowest BCUT2D eigenvalue weighted by molar-refractivity contribution is -0.134. The molecule has 0 radical (unpaired) electrons. The standard InChI is InChI=1S/C19H22FN3O2/c1-12(18(25)23-10-8-19(6-7-19)9-11-23)21-17(24)16-15(20)13-4-2-3-5-14(13)22-16/h2-5,12,22H,6-11H2,1H3,(H,21,24)/t12-/m1/s1. The second-order valence-corrected chi connectivity index (χ2v) is 7.38. The van der Waals surface area contributed by atoms with Crippen LogP contribution in [0.1, 0.15) is 43.1 Å². The number of fused-ring (bicyclic) bond motifs is 1. The Morgan fingerprint density at radius 1 is 1.20 bits per heavy atom. The third-order valence-electron chi connectivity index (χ3n) is 5.68. The highest BCUT2D eigenvalue weighted by Crippen LogP contribution is 2.53. The lowest BCUT2D eigenvalue weighted by atomic mass is 9.93. The molecule has 1 aliphatic heterocycles. The molecule has 1 saturated carbocycles. The van der Waals surface area contributed by atoms with Crippen LogP contribution >= 0.6 is 0 Å². The van der Waals surface area contributed by atoms with E-state index in [0.29, 0.717) is 16.3 Å². The number of benzene rings is 1. The molecule has 2 fully saturated rings. The fourth-order valence-corrected chi connectivity index (χ4v) is 3.75. The Morgan fingerprint density at radius 2 is 1.88 bits per heavy atom. The molecule has 1 aliphatic carbocycles. The SMILES string of the molecule is C[C@@H](NC(=O)c1[nH]c2ccccc2c1F)C(=O)N1CCC2(CC1)CC2. The molecule has 1 aromatic heterocycles. The van der Waals surface area contributed by atoms with E-state index in [1.165, 1.54) is 12.8 Å². The van der Waals surface area contributed by atoms with Gasteiger partial charge in [-0.2, -0.15) is 0 Å². The first-order chi connectivity index (χ1) is 12.0. The number of nitrogens with zero attached hydrogens (tertiary/aromatic N) is 1. The average molecular weight is 343 g/mol. The number of piperidine rings is 1. The summed E-state index contributed by atoms with van der Waals surface area (Å²) in [6.07, 6.45) is 4.66. The second-order valence-electron chi connectivity index (χ2n) is 7.38. The first-order valence-corrected chi connectivity index (χ1v) is 8.85. The zero-order chi connectivity index (χ0) is 17.6. The van der Waals surface area contributed by atoms with E-state index < -0.39 is 17.8 Å². The Hall–Kier alpha value is -2.37. The van der Waals surface area contributed by atoms with Crippen LogP contribution < -0.4 is 5.32 Å². The van der Waals surface area contributed by atoms with E-state index in [9.17, 15) is 14.0 Å². The first-order valence-electron chi connectivity index (χ1n) is 8.85. The van der Waals surface area contributed by atoms with Gasteiger partial charge in [-0.1, -0.05) is 12.1 Å². The highest BCUT2D eigenvalue weighted by molar-refractivity contribution is 6.00. The number of likely N-dealkylation sites (tertiary alicyclic amines) is 1. The molecule has 1 atom stereocenters. The molecular formula is C19H22FN3O2. The summed E-state index contributed by atoms with van der Waals surface area (Å²) in [5.74, 6) is -1.27.